The molecule has 4 heteroatoms. The smallest absolute Gasteiger partial charge is 0.0525 e. The maximum Gasteiger partial charge on any atom is 0.0525 e. The first-order chi connectivity index (χ1) is 8.20. The normalized spacial score (nSPS) is 23.9. The van der Waals surface area contributed by atoms with Gasteiger partial charge >= 0.3 is 0 Å². The third-order valence-electron chi connectivity index (χ3n) is 3.51. The van der Waals surface area contributed by atoms with Crippen LogP contribution in [0.4, 0.5) is 0 Å². The van der Waals surface area contributed by atoms with Crippen LogP contribution in [0.15, 0.2) is 24.5 Å². The summed E-state index contributed by atoms with van der Waals surface area (Å²) in [7, 11) is 6.48. The molecule has 1 aromatic heterocycles. The Bertz CT molecular complexity index is 339. The van der Waals surface area contributed by atoms with Crippen LogP contribution in [0.3, 0.4) is 0 Å². The molecule has 2 heterocycles. The van der Waals surface area contributed by atoms with Crippen LogP contribution in [0.1, 0.15) is 11.6 Å². The lowest BCUT2D eigenvalue weighted by atomic mass is 9.97. The van der Waals surface area contributed by atoms with Crippen molar-refractivity contribution in [1.29, 1.82) is 0 Å². The highest BCUT2D eigenvalue weighted by Crippen LogP contribution is 2.25. The van der Waals surface area contributed by atoms with Crippen molar-refractivity contribution in [1.82, 2.24) is 20.1 Å². The predicted octanol–water partition coefficient (Wildman–Crippen LogP) is 0.588. The summed E-state index contributed by atoms with van der Waals surface area (Å²) in [6.45, 7) is 3.23. The topological polar surface area (TPSA) is 31.4 Å². The van der Waals surface area contributed by atoms with E-state index in [-0.39, 0.29) is 0 Å². The van der Waals surface area contributed by atoms with Crippen LogP contribution in [-0.4, -0.2) is 61.6 Å². The molecular weight excluding hydrogens is 212 g/mol. The fraction of sp³-hybridized carbons (Fsp3) is 0.615. The van der Waals surface area contributed by atoms with Crippen LogP contribution >= 0.6 is 0 Å². The summed E-state index contributed by atoms with van der Waals surface area (Å²) < 4.78 is 0. The van der Waals surface area contributed by atoms with E-state index < -0.39 is 0 Å². The molecule has 2 rings (SSSR count). The Balaban J connectivity index is 2.22. The maximum atomic E-state index is 4.24. The van der Waals surface area contributed by atoms with E-state index in [4.69, 9.17) is 0 Å². The zero-order valence-corrected chi connectivity index (χ0v) is 10.9. The molecule has 1 N–H and O–H groups in total. The molecular formula is C13H22N4. The number of likely N-dealkylation sites (N-methyl/N-ethyl adjacent to an activating group) is 2. The third-order valence-corrected chi connectivity index (χ3v) is 3.51. The fourth-order valence-electron chi connectivity index (χ4n) is 2.60. The third kappa shape index (κ3) is 2.83. The van der Waals surface area contributed by atoms with Crippen molar-refractivity contribution >= 4 is 0 Å². The van der Waals surface area contributed by atoms with E-state index in [9.17, 15) is 0 Å². The molecule has 94 valence electrons. The van der Waals surface area contributed by atoms with Gasteiger partial charge in [-0.25, -0.2) is 0 Å². The second-order valence-electron chi connectivity index (χ2n) is 4.95. The predicted molar refractivity (Wildman–Crippen MR) is 70.0 cm³/mol. The van der Waals surface area contributed by atoms with Crippen molar-refractivity contribution in [3.63, 3.8) is 0 Å². The monoisotopic (exact) mass is 234 g/mol. The van der Waals surface area contributed by atoms with Crippen LogP contribution in [0.5, 0.6) is 0 Å². The SMILES string of the molecule is CN(C)C(c1cccnc1)C1CNCCN1C. The molecule has 1 aliphatic heterocycles. The van der Waals surface area contributed by atoms with Crippen molar-refractivity contribution in [3.8, 4) is 0 Å². The molecule has 17 heavy (non-hydrogen) atoms. The molecule has 1 aromatic rings. The van der Waals surface area contributed by atoms with Gasteiger partial charge in [-0.2, -0.15) is 0 Å². The van der Waals surface area contributed by atoms with Crippen molar-refractivity contribution < 1.29 is 0 Å². The second kappa shape index (κ2) is 5.58. The Kier molecular flexibility index (Phi) is 4.10. The summed E-state index contributed by atoms with van der Waals surface area (Å²) in [5.74, 6) is 0. The molecule has 0 spiro atoms. The quantitative estimate of drug-likeness (QED) is 0.829. The average Bonchev–Trinajstić information content (AvgIpc) is 2.33. The van der Waals surface area contributed by atoms with Gasteiger partial charge in [-0.05, 0) is 32.8 Å². The summed E-state index contributed by atoms with van der Waals surface area (Å²) in [6, 6.07) is 5.08. The van der Waals surface area contributed by atoms with Gasteiger partial charge in [-0.3, -0.25) is 9.88 Å². The van der Waals surface area contributed by atoms with Gasteiger partial charge in [0.2, 0.25) is 0 Å². The van der Waals surface area contributed by atoms with E-state index in [0.717, 1.165) is 19.6 Å². The van der Waals surface area contributed by atoms with E-state index >= 15 is 0 Å². The Hall–Kier alpha value is -0.970. The second-order valence-corrected chi connectivity index (χ2v) is 4.95. The lowest BCUT2D eigenvalue weighted by Crippen LogP contribution is -2.54. The lowest BCUT2D eigenvalue weighted by Gasteiger charge is -2.41. The molecule has 1 saturated heterocycles. The fourth-order valence-corrected chi connectivity index (χ4v) is 2.60. The van der Waals surface area contributed by atoms with Gasteiger partial charge in [-0.1, -0.05) is 6.07 Å². The summed E-state index contributed by atoms with van der Waals surface area (Å²) >= 11 is 0. The van der Waals surface area contributed by atoms with Gasteiger partial charge in [0.1, 0.15) is 0 Å². The van der Waals surface area contributed by atoms with Crippen LogP contribution in [0.25, 0.3) is 0 Å². The minimum absolute atomic E-state index is 0.390. The van der Waals surface area contributed by atoms with Crippen molar-refractivity contribution in [3.05, 3.63) is 30.1 Å². The molecule has 2 unspecified atom stereocenters. The van der Waals surface area contributed by atoms with E-state index in [0.29, 0.717) is 12.1 Å². The molecule has 1 fully saturated rings. The lowest BCUT2D eigenvalue weighted by molar-refractivity contribution is 0.107. The van der Waals surface area contributed by atoms with Gasteiger partial charge < -0.3 is 10.2 Å². The zero-order chi connectivity index (χ0) is 12.3. The summed E-state index contributed by atoms with van der Waals surface area (Å²) in [4.78, 5) is 8.96. The van der Waals surface area contributed by atoms with Crippen molar-refractivity contribution in [2.45, 2.75) is 12.1 Å². The Morgan fingerprint density at radius 3 is 2.94 bits per heavy atom. The Morgan fingerprint density at radius 2 is 2.35 bits per heavy atom. The van der Waals surface area contributed by atoms with Crippen LogP contribution < -0.4 is 5.32 Å². The van der Waals surface area contributed by atoms with Crippen LogP contribution in [0.2, 0.25) is 0 Å². The van der Waals surface area contributed by atoms with E-state index in [2.05, 4.69) is 47.3 Å². The molecule has 1 aliphatic rings. The maximum absolute atomic E-state index is 4.24. The van der Waals surface area contributed by atoms with Gasteiger partial charge in [0, 0.05) is 38.1 Å². The number of rotatable bonds is 3. The first-order valence-corrected chi connectivity index (χ1v) is 6.17. The number of piperazine rings is 1. The first-order valence-electron chi connectivity index (χ1n) is 6.17. The minimum Gasteiger partial charge on any atom is -0.314 e. The summed E-state index contributed by atoms with van der Waals surface area (Å²) in [6.07, 6.45) is 3.81. The Morgan fingerprint density at radius 1 is 1.53 bits per heavy atom. The van der Waals surface area contributed by atoms with E-state index in [1.165, 1.54) is 5.56 Å². The number of nitrogens with one attached hydrogen (secondary N) is 1. The average molecular weight is 234 g/mol. The number of nitrogens with zero attached hydrogens (tertiary/aromatic N) is 3. The number of hydrogen-bond donors (Lipinski definition) is 1. The van der Waals surface area contributed by atoms with E-state index in [1.807, 2.05) is 18.5 Å². The molecule has 4 nitrogen and oxygen atoms in total. The van der Waals surface area contributed by atoms with Gasteiger partial charge in [0.05, 0.1) is 6.04 Å². The van der Waals surface area contributed by atoms with Crippen LogP contribution in [0, 0.1) is 0 Å². The first kappa shape index (κ1) is 12.5. The summed E-state index contributed by atoms with van der Waals surface area (Å²) in [5, 5.41) is 3.48. The number of pyridine rings is 1. The molecule has 0 amide bonds. The molecule has 2 atom stereocenters. The van der Waals surface area contributed by atoms with Gasteiger partial charge in [-0.15, -0.1) is 0 Å². The highest BCUT2D eigenvalue weighted by atomic mass is 15.3. The highest BCUT2D eigenvalue weighted by Gasteiger charge is 2.30. The van der Waals surface area contributed by atoms with Gasteiger partial charge in [0.15, 0.2) is 0 Å². The molecule has 0 radical (unpaired) electrons. The number of aromatic nitrogens is 1. The minimum atomic E-state index is 0.390. The number of hydrogen-bond acceptors (Lipinski definition) is 4. The van der Waals surface area contributed by atoms with E-state index in [1.54, 1.807) is 0 Å². The van der Waals surface area contributed by atoms with Crippen molar-refractivity contribution in [2.75, 3.05) is 40.8 Å². The van der Waals surface area contributed by atoms with Gasteiger partial charge in [0.25, 0.3) is 0 Å². The molecule has 0 aliphatic carbocycles. The standard InChI is InChI=1S/C13H22N4/c1-16(2)13(11-5-4-6-14-9-11)12-10-15-7-8-17(12)3/h4-6,9,12-13,15H,7-8,10H2,1-3H3. The molecule has 0 bridgehead atoms. The van der Waals surface area contributed by atoms with Crippen LogP contribution in [-0.2, 0) is 0 Å². The summed E-state index contributed by atoms with van der Waals surface area (Å²) in [5.41, 5.74) is 1.29. The zero-order valence-electron chi connectivity index (χ0n) is 10.9. The largest absolute Gasteiger partial charge is 0.314 e. The Labute approximate surface area is 104 Å². The van der Waals surface area contributed by atoms with Crippen molar-refractivity contribution in [2.24, 2.45) is 0 Å². The molecule has 0 aromatic carbocycles. The molecule has 0 saturated carbocycles. The highest BCUT2D eigenvalue weighted by molar-refractivity contribution is 5.17.